The van der Waals surface area contributed by atoms with Crippen LogP contribution in [0.25, 0.3) is 17.0 Å². The van der Waals surface area contributed by atoms with E-state index in [1.165, 1.54) is 0 Å². The van der Waals surface area contributed by atoms with Gasteiger partial charge in [-0.15, -0.1) is 0 Å². The predicted molar refractivity (Wildman–Crippen MR) is 110 cm³/mol. The van der Waals surface area contributed by atoms with Gasteiger partial charge in [0, 0.05) is 48.4 Å². The lowest BCUT2D eigenvalue weighted by molar-refractivity contribution is -0.127. The van der Waals surface area contributed by atoms with Crippen LogP contribution in [0, 0.1) is 11.3 Å². The number of fused-ring (bicyclic) bond motifs is 1. The third kappa shape index (κ3) is 4.67. The van der Waals surface area contributed by atoms with Crippen LogP contribution in [0.3, 0.4) is 0 Å². The number of aliphatic hydroxyl groups excluding tert-OH is 1. The molecule has 5 nitrogen and oxygen atoms in total. The maximum Gasteiger partial charge on any atom is 0.246 e. The van der Waals surface area contributed by atoms with Gasteiger partial charge in [0.2, 0.25) is 5.91 Å². The molecule has 3 aromatic rings. The number of aryl methyl sites for hydroxylation is 1. The van der Waals surface area contributed by atoms with Gasteiger partial charge >= 0.3 is 0 Å². The van der Waals surface area contributed by atoms with E-state index in [0.29, 0.717) is 19.5 Å². The molecule has 0 fully saturated rings. The summed E-state index contributed by atoms with van der Waals surface area (Å²) in [5, 5.41) is 19.2. The van der Waals surface area contributed by atoms with E-state index in [9.17, 15) is 9.90 Å². The normalized spacial score (nSPS) is 11.0. The van der Waals surface area contributed by atoms with Crippen molar-refractivity contribution < 1.29 is 9.90 Å². The summed E-state index contributed by atoms with van der Waals surface area (Å²) in [6.45, 7) is 1.26. The molecule has 0 bridgehead atoms. The Labute approximate surface area is 164 Å². The van der Waals surface area contributed by atoms with Crippen LogP contribution in [0.5, 0.6) is 0 Å². The van der Waals surface area contributed by atoms with Crippen molar-refractivity contribution >= 4 is 22.9 Å². The number of nitriles is 1. The number of aromatic nitrogens is 1. The number of nitrogens with zero attached hydrogens (tertiary/aromatic N) is 3. The molecule has 1 amide bonds. The van der Waals surface area contributed by atoms with Gasteiger partial charge in [0.25, 0.3) is 0 Å². The summed E-state index contributed by atoms with van der Waals surface area (Å²) in [4.78, 5) is 14.3. The van der Waals surface area contributed by atoms with Crippen LogP contribution in [0.4, 0.5) is 0 Å². The summed E-state index contributed by atoms with van der Waals surface area (Å²) in [7, 11) is 0. The minimum Gasteiger partial charge on any atom is -0.395 e. The van der Waals surface area contributed by atoms with E-state index in [4.69, 9.17) is 5.26 Å². The second-order valence-corrected chi connectivity index (χ2v) is 6.51. The number of para-hydroxylation sites is 1. The van der Waals surface area contributed by atoms with E-state index in [0.717, 1.165) is 22.0 Å². The van der Waals surface area contributed by atoms with Gasteiger partial charge in [-0.25, -0.2) is 0 Å². The van der Waals surface area contributed by atoms with Crippen molar-refractivity contribution in [1.82, 2.24) is 9.47 Å². The van der Waals surface area contributed by atoms with E-state index in [1.807, 2.05) is 71.4 Å². The quantitative estimate of drug-likeness (QED) is 0.614. The van der Waals surface area contributed by atoms with Crippen LogP contribution < -0.4 is 0 Å². The van der Waals surface area contributed by atoms with Crippen LogP contribution in [-0.4, -0.2) is 33.6 Å². The molecule has 0 unspecified atom stereocenters. The highest BCUT2D eigenvalue weighted by atomic mass is 16.3. The first kappa shape index (κ1) is 19.4. The van der Waals surface area contributed by atoms with Gasteiger partial charge in [0.1, 0.15) is 0 Å². The van der Waals surface area contributed by atoms with Crippen LogP contribution >= 0.6 is 0 Å². The SMILES string of the molecule is N#CCCn1cc(/C=C/C(=O)N(CCO)Cc2ccccc2)c2ccccc21. The maximum atomic E-state index is 12.7. The zero-order chi connectivity index (χ0) is 19.8. The fourth-order valence-corrected chi connectivity index (χ4v) is 3.22. The fourth-order valence-electron chi connectivity index (χ4n) is 3.22. The first-order valence-corrected chi connectivity index (χ1v) is 9.29. The Kier molecular flexibility index (Phi) is 6.61. The predicted octanol–water partition coefficient (Wildman–Crippen LogP) is 3.59. The van der Waals surface area contributed by atoms with E-state index in [1.54, 1.807) is 11.0 Å². The average molecular weight is 373 g/mol. The Morgan fingerprint density at radius 3 is 2.64 bits per heavy atom. The van der Waals surface area contributed by atoms with Crippen LogP contribution in [0.2, 0.25) is 0 Å². The molecular formula is C23H23N3O2. The van der Waals surface area contributed by atoms with Crippen molar-refractivity contribution in [2.24, 2.45) is 0 Å². The molecule has 5 heteroatoms. The van der Waals surface area contributed by atoms with Gasteiger partial charge < -0.3 is 14.6 Å². The molecular weight excluding hydrogens is 350 g/mol. The number of benzene rings is 2. The maximum absolute atomic E-state index is 12.7. The highest BCUT2D eigenvalue weighted by molar-refractivity contribution is 5.96. The third-order valence-electron chi connectivity index (χ3n) is 4.59. The molecule has 1 heterocycles. The van der Waals surface area contributed by atoms with Gasteiger partial charge in [0.15, 0.2) is 0 Å². The number of hydrogen-bond donors (Lipinski definition) is 1. The van der Waals surface area contributed by atoms with E-state index >= 15 is 0 Å². The molecule has 1 aromatic heterocycles. The van der Waals surface area contributed by atoms with Crippen molar-refractivity contribution in [2.45, 2.75) is 19.5 Å². The molecule has 0 spiro atoms. The van der Waals surface area contributed by atoms with Crippen LogP contribution in [0.15, 0.2) is 66.9 Å². The summed E-state index contributed by atoms with van der Waals surface area (Å²) in [5.41, 5.74) is 3.00. The Morgan fingerprint density at radius 1 is 1.14 bits per heavy atom. The van der Waals surface area contributed by atoms with Crippen molar-refractivity contribution in [3.8, 4) is 6.07 Å². The molecule has 0 aliphatic carbocycles. The van der Waals surface area contributed by atoms with Gasteiger partial charge in [-0.3, -0.25) is 4.79 Å². The molecule has 2 aromatic carbocycles. The number of carbonyl (C=O) groups is 1. The lowest BCUT2D eigenvalue weighted by atomic mass is 10.1. The summed E-state index contributed by atoms with van der Waals surface area (Å²) < 4.78 is 2.04. The van der Waals surface area contributed by atoms with E-state index in [-0.39, 0.29) is 19.1 Å². The molecule has 28 heavy (non-hydrogen) atoms. The Balaban J connectivity index is 1.81. The molecule has 0 atom stereocenters. The number of amides is 1. The summed E-state index contributed by atoms with van der Waals surface area (Å²) in [6.07, 6.45) is 5.76. The Bertz CT molecular complexity index is 1000. The topological polar surface area (TPSA) is 69.3 Å². The molecule has 0 radical (unpaired) electrons. The number of aliphatic hydroxyl groups is 1. The zero-order valence-electron chi connectivity index (χ0n) is 15.7. The Hall–Kier alpha value is -3.36. The van der Waals surface area contributed by atoms with Crippen LogP contribution in [0.1, 0.15) is 17.5 Å². The molecule has 142 valence electrons. The molecule has 1 N–H and O–H groups in total. The zero-order valence-corrected chi connectivity index (χ0v) is 15.7. The Morgan fingerprint density at radius 2 is 1.89 bits per heavy atom. The summed E-state index contributed by atoms with van der Waals surface area (Å²) in [6, 6.07) is 19.8. The first-order chi connectivity index (χ1) is 13.7. The fraction of sp³-hybridized carbons (Fsp3) is 0.217. The van der Waals surface area contributed by atoms with Gasteiger partial charge in [-0.1, -0.05) is 48.5 Å². The van der Waals surface area contributed by atoms with Crippen molar-refractivity contribution in [1.29, 1.82) is 5.26 Å². The highest BCUT2D eigenvalue weighted by Crippen LogP contribution is 2.23. The molecule has 0 aliphatic rings. The minimum atomic E-state index is -0.147. The van der Waals surface area contributed by atoms with Gasteiger partial charge in [-0.2, -0.15) is 5.26 Å². The van der Waals surface area contributed by atoms with E-state index in [2.05, 4.69) is 6.07 Å². The molecule has 3 rings (SSSR count). The molecule has 0 saturated carbocycles. The smallest absolute Gasteiger partial charge is 0.246 e. The van der Waals surface area contributed by atoms with Crippen molar-refractivity contribution in [2.75, 3.05) is 13.2 Å². The van der Waals surface area contributed by atoms with Crippen molar-refractivity contribution in [3.63, 3.8) is 0 Å². The van der Waals surface area contributed by atoms with Crippen molar-refractivity contribution in [3.05, 3.63) is 78.0 Å². The molecule has 0 aliphatic heterocycles. The standard InChI is InChI=1S/C23H23N3O2/c24-13-6-14-25-18-20(21-9-4-5-10-22(21)25)11-12-23(28)26(15-16-27)17-19-7-2-1-3-8-19/h1-5,7-12,18,27H,6,14-17H2/b12-11+. The minimum absolute atomic E-state index is 0.0835. The number of rotatable bonds is 8. The second-order valence-electron chi connectivity index (χ2n) is 6.51. The lowest BCUT2D eigenvalue weighted by Crippen LogP contribution is -2.31. The number of carbonyl (C=O) groups excluding carboxylic acids is 1. The largest absolute Gasteiger partial charge is 0.395 e. The van der Waals surface area contributed by atoms with Crippen LogP contribution in [-0.2, 0) is 17.9 Å². The summed E-state index contributed by atoms with van der Waals surface area (Å²) in [5.74, 6) is -0.147. The highest BCUT2D eigenvalue weighted by Gasteiger charge is 2.12. The second kappa shape index (κ2) is 9.54. The number of hydrogen-bond acceptors (Lipinski definition) is 3. The van der Waals surface area contributed by atoms with Gasteiger partial charge in [0.05, 0.1) is 19.1 Å². The lowest BCUT2D eigenvalue weighted by Gasteiger charge is -2.20. The van der Waals surface area contributed by atoms with E-state index < -0.39 is 0 Å². The molecule has 0 saturated heterocycles. The summed E-state index contributed by atoms with van der Waals surface area (Å²) >= 11 is 0. The average Bonchev–Trinajstić information content (AvgIpc) is 3.09. The third-order valence-corrected chi connectivity index (χ3v) is 4.59. The first-order valence-electron chi connectivity index (χ1n) is 9.29. The monoisotopic (exact) mass is 373 g/mol. The van der Waals surface area contributed by atoms with Gasteiger partial charge in [-0.05, 0) is 17.7 Å².